The number of rotatable bonds is 3. The quantitative estimate of drug-likeness (QED) is 0.369. The molecule has 0 aliphatic carbocycles. The molecule has 104 valence electrons. The maximum absolute atomic E-state index is 10.9. The van der Waals surface area contributed by atoms with Gasteiger partial charge < -0.3 is 10.3 Å². The summed E-state index contributed by atoms with van der Waals surface area (Å²) in [5, 5.41) is 7.86. The summed E-state index contributed by atoms with van der Waals surface area (Å²) in [5.41, 5.74) is 7.95. The van der Waals surface area contributed by atoms with Crippen LogP contribution < -0.4 is 35.3 Å². The Morgan fingerprint density at radius 2 is 1.81 bits per heavy atom. The van der Waals surface area contributed by atoms with Gasteiger partial charge in [-0.1, -0.05) is 12.1 Å². The molecule has 21 heavy (non-hydrogen) atoms. The van der Waals surface area contributed by atoms with Gasteiger partial charge in [0.2, 0.25) is 0 Å². The topological polar surface area (TPSA) is 108 Å². The number of hydrogen-bond donors (Lipinski definition) is 1. The fourth-order valence-corrected chi connectivity index (χ4v) is 2.06. The number of anilines is 1. The molecule has 0 atom stereocenters. The molecule has 8 heteroatoms. The number of aryl methyl sites for hydroxylation is 1. The van der Waals surface area contributed by atoms with Crippen LogP contribution in [0.3, 0.4) is 0 Å². The molecule has 0 aliphatic rings. The Morgan fingerprint density at radius 3 is 2.48 bits per heavy atom. The molecule has 2 N–H and O–H groups in total. The predicted octanol–water partition coefficient (Wildman–Crippen LogP) is -0.0993. The average Bonchev–Trinajstić information content (AvgIpc) is 2.39. The number of azo groups is 1. The zero-order valence-electron chi connectivity index (χ0n) is 11.6. The van der Waals surface area contributed by atoms with Crippen LogP contribution in [0.4, 0.5) is 17.1 Å². The minimum absolute atomic E-state index is 0. The molecule has 0 saturated carbocycles. The van der Waals surface area contributed by atoms with Crippen LogP contribution in [0.25, 0.3) is 0 Å². The van der Waals surface area contributed by atoms with Crippen molar-refractivity contribution in [3.63, 3.8) is 0 Å². The van der Waals surface area contributed by atoms with E-state index in [1.165, 1.54) is 12.1 Å². The summed E-state index contributed by atoms with van der Waals surface area (Å²) in [4.78, 5) is -0.342. The van der Waals surface area contributed by atoms with E-state index in [-0.39, 0.29) is 40.1 Å². The van der Waals surface area contributed by atoms with Gasteiger partial charge in [-0.25, -0.2) is 8.42 Å². The monoisotopic (exact) mass is 313 g/mol. The van der Waals surface area contributed by atoms with Crippen molar-refractivity contribution in [1.82, 2.24) is 0 Å². The smallest absolute Gasteiger partial charge is 0.744 e. The van der Waals surface area contributed by atoms with Gasteiger partial charge in [-0.05, 0) is 42.8 Å². The Labute approximate surface area is 145 Å². The Kier molecular flexibility index (Phi) is 6.06. The van der Waals surface area contributed by atoms with Gasteiger partial charge in [0, 0.05) is 0 Å². The van der Waals surface area contributed by atoms with Crippen molar-refractivity contribution in [3.8, 4) is 0 Å². The number of benzene rings is 2. The summed E-state index contributed by atoms with van der Waals surface area (Å²) in [6.45, 7) is 1.89. The van der Waals surface area contributed by atoms with Gasteiger partial charge in [-0.2, -0.15) is 5.11 Å². The van der Waals surface area contributed by atoms with Gasteiger partial charge in [-0.15, -0.1) is 5.11 Å². The number of nitrogens with zero attached hydrogens (tertiary/aromatic N) is 2. The minimum atomic E-state index is -4.50. The van der Waals surface area contributed by atoms with E-state index in [2.05, 4.69) is 10.2 Å². The first-order chi connectivity index (χ1) is 9.36. The van der Waals surface area contributed by atoms with E-state index >= 15 is 0 Å². The summed E-state index contributed by atoms with van der Waals surface area (Å²) < 4.78 is 32.7. The van der Waals surface area contributed by atoms with Gasteiger partial charge in [0.25, 0.3) is 0 Å². The van der Waals surface area contributed by atoms with Gasteiger partial charge in [0.15, 0.2) is 0 Å². The normalized spacial score (nSPS) is 11.3. The van der Waals surface area contributed by atoms with E-state index in [0.717, 1.165) is 11.6 Å². The van der Waals surface area contributed by atoms with Crippen LogP contribution in [0.2, 0.25) is 0 Å². The number of nitrogens with two attached hydrogens (primary N) is 1. The SMILES string of the molecule is Cc1ccc(N)c(N=Nc2cccc(S(=O)(=O)[O-])c2)c1.[Na+]. The molecule has 2 rings (SSSR count). The van der Waals surface area contributed by atoms with Crippen molar-refractivity contribution < 1.29 is 42.5 Å². The summed E-state index contributed by atoms with van der Waals surface area (Å²) in [7, 11) is -4.50. The summed E-state index contributed by atoms with van der Waals surface area (Å²) in [6.07, 6.45) is 0. The molecule has 0 fully saturated rings. The van der Waals surface area contributed by atoms with Crippen LogP contribution in [0.5, 0.6) is 0 Å². The maximum Gasteiger partial charge on any atom is 1.00 e. The summed E-state index contributed by atoms with van der Waals surface area (Å²) in [5.74, 6) is 0. The van der Waals surface area contributed by atoms with Gasteiger partial charge >= 0.3 is 29.6 Å². The third kappa shape index (κ3) is 4.90. The van der Waals surface area contributed by atoms with E-state index < -0.39 is 10.1 Å². The zero-order chi connectivity index (χ0) is 14.8. The van der Waals surface area contributed by atoms with Crippen molar-refractivity contribution >= 4 is 27.2 Å². The Hall–Kier alpha value is -1.25. The average molecular weight is 313 g/mol. The van der Waals surface area contributed by atoms with Crippen molar-refractivity contribution in [2.24, 2.45) is 10.2 Å². The molecule has 0 aromatic heterocycles. The first kappa shape index (κ1) is 17.8. The van der Waals surface area contributed by atoms with Gasteiger partial charge in [0.1, 0.15) is 15.8 Å². The third-order valence-corrected chi connectivity index (χ3v) is 3.40. The number of nitrogen functional groups attached to an aromatic ring is 1. The second kappa shape index (κ2) is 7.15. The van der Waals surface area contributed by atoms with Crippen molar-refractivity contribution in [3.05, 3.63) is 48.0 Å². The fraction of sp³-hybridized carbons (Fsp3) is 0.0769. The maximum atomic E-state index is 10.9. The molecule has 2 aromatic carbocycles. The second-order valence-corrected chi connectivity index (χ2v) is 5.59. The molecule has 2 aromatic rings. The first-order valence-corrected chi connectivity index (χ1v) is 7.11. The Morgan fingerprint density at radius 1 is 1.10 bits per heavy atom. The minimum Gasteiger partial charge on any atom is -0.744 e. The Balaban J connectivity index is 0.00000220. The molecule has 0 bridgehead atoms. The largest absolute Gasteiger partial charge is 1.00 e. The first-order valence-electron chi connectivity index (χ1n) is 5.70. The zero-order valence-corrected chi connectivity index (χ0v) is 14.5. The molecule has 0 radical (unpaired) electrons. The van der Waals surface area contributed by atoms with E-state index in [1.54, 1.807) is 18.2 Å². The third-order valence-electron chi connectivity index (χ3n) is 2.57. The molecular formula is C13H12N3NaO3S. The van der Waals surface area contributed by atoms with Crippen LogP contribution in [0.15, 0.2) is 57.6 Å². The molecule has 6 nitrogen and oxygen atoms in total. The van der Waals surface area contributed by atoms with Crippen molar-refractivity contribution in [2.45, 2.75) is 11.8 Å². The summed E-state index contributed by atoms with van der Waals surface area (Å²) >= 11 is 0. The Bertz CT molecular complexity index is 776. The second-order valence-electron chi connectivity index (χ2n) is 4.21. The molecule has 0 heterocycles. The van der Waals surface area contributed by atoms with Crippen molar-refractivity contribution in [1.29, 1.82) is 0 Å². The molecule has 0 spiro atoms. The standard InChI is InChI=1S/C13H13N3O3S.Na/c1-9-5-6-12(14)13(7-9)16-15-10-3-2-4-11(8-10)20(17,18)19;/h2-8H,14H2,1H3,(H,17,18,19);/q;+1/p-1. The molecule has 0 amide bonds. The van der Waals surface area contributed by atoms with E-state index in [9.17, 15) is 13.0 Å². The van der Waals surface area contributed by atoms with Crippen LogP contribution in [0.1, 0.15) is 5.56 Å². The molecule has 0 aliphatic heterocycles. The predicted molar refractivity (Wildman–Crippen MR) is 74.2 cm³/mol. The van der Waals surface area contributed by atoms with Crippen LogP contribution in [0, 0.1) is 6.92 Å². The van der Waals surface area contributed by atoms with Gasteiger partial charge in [0.05, 0.1) is 16.3 Å². The molecule has 0 unspecified atom stereocenters. The van der Waals surface area contributed by atoms with Crippen LogP contribution in [-0.4, -0.2) is 13.0 Å². The van der Waals surface area contributed by atoms with Gasteiger partial charge in [-0.3, -0.25) is 0 Å². The summed E-state index contributed by atoms with van der Waals surface area (Å²) in [6, 6.07) is 10.7. The van der Waals surface area contributed by atoms with Crippen LogP contribution >= 0.6 is 0 Å². The van der Waals surface area contributed by atoms with E-state index in [1.807, 2.05) is 13.0 Å². The van der Waals surface area contributed by atoms with E-state index in [4.69, 9.17) is 5.73 Å². The van der Waals surface area contributed by atoms with E-state index in [0.29, 0.717) is 11.4 Å². The van der Waals surface area contributed by atoms with Crippen LogP contribution in [-0.2, 0) is 10.1 Å². The number of hydrogen-bond acceptors (Lipinski definition) is 6. The molecular weight excluding hydrogens is 301 g/mol. The fourth-order valence-electron chi connectivity index (χ4n) is 1.55. The molecule has 0 saturated heterocycles. The van der Waals surface area contributed by atoms with Crippen molar-refractivity contribution in [2.75, 3.05) is 5.73 Å².